The molecule has 1 atom stereocenters. The Labute approximate surface area is 159 Å². The van der Waals surface area contributed by atoms with Gasteiger partial charge < -0.3 is 24.3 Å². The lowest BCUT2D eigenvalue weighted by Crippen LogP contribution is -2.27. The Morgan fingerprint density at radius 3 is 2.59 bits per heavy atom. The van der Waals surface area contributed by atoms with Gasteiger partial charge >= 0.3 is 0 Å². The fraction of sp³-hybridized carbons (Fsp3) is 0.381. The van der Waals surface area contributed by atoms with E-state index in [-0.39, 0.29) is 11.9 Å². The van der Waals surface area contributed by atoms with Crippen LogP contribution in [0.1, 0.15) is 30.5 Å². The van der Waals surface area contributed by atoms with Crippen molar-refractivity contribution in [3.8, 4) is 23.0 Å². The maximum Gasteiger partial charge on any atom is 0.220 e. The van der Waals surface area contributed by atoms with Crippen LogP contribution in [0, 0.1) is 0 Å². The van der Waals surface area contributed by atoms with E-state index in [2.05, 4.69) is 5.32 Å². The zero-order valence-corrected chi connectivity index (χ0v) is 15.9. The second kappa shape index (κ2) is 8.66. The molecule has 1 unspecified atom stereocenters. The van der Waals surface area contributed by atoms with Crippen molar-refractivity contribution in [2.24, 2.45) is 0 Å². The number of rotatable bonds is 7. The Morgan fingerprint density at radius 2 is 1.85 bits per heavy atom. The molecule has 0 aliphatic carbocycles. The van der Waals surface area contributed by atoms with Gasteiger partial charge in [-0.05, 0) is 49.2 Å². The van der Waals surface area contributed by atoms with Gasteiger partial charge in [-0.3, -0.25) is 4.79 Å². The van der Waals surface area contributed by atoms with Crippen molar-refractivity contribution in [2.45, 2.75) is 25.8 Å². The summed E-state index contributed by atoms with van der Waals surface area (Å²) in [5.41, 5.74) is 1.92. The number of methoxy groups -OCH3 is 2. The summed E-state index contributed by atoms with van der Waals surface area (Å²) in [4.78, 5) is 12.4. The molecule has 0 bridgehead atoms. The van der Waals surface area contributed by atoms with Crippen LogP contribution < -0.4 is 24.3 Å². The summed E-state index contributed by atoms with van der Waals surface area (Å²) >= 11 is 0. The highest BCUT2D eigenvalue weighted by molar-refractivity contribution is 5.77. The number of fused-ring (bicyclic) bond motifs is 1. The van der Waals surface area contributed by atoms with Crippen LogP contribution in [0.25, 0.3) is 0 Å². The van der Waals surface area contributed by atoms with E-state index in [1.165, 1.54) is 0 Å². The third kappa shape index (κ3) is 4.64. The van der Waals surface area contributed by atoms with Crippen LogP contribution in [0.3, 0.4) is 0 Å². The number of benzene rings is 2. The van der Waals surface area contributed by atoms with Gasteiger partial charge in [0, 0.05) is 12.0 Å². The van der Waals surface area contributed by atoms with E-state index in [9.17, 15) is 4.79 Å². The van der Waals surface area contributed by atoms with Crippen molar-refractivity contribution in [2.75, 3.05) is 27.4 Å². The van der Waals surface area contributed by atoms with E-state index in [0.717, 1.165) is 34.1 Å². The molecule has 0 saturated carbocycles. The summed E-state index contributed by atoms with van der Waals surface area (Å²) in [6.45, 7) is 3.05. The van der Waals surface area contributed by atoms with Crippen LogP contribution in [0.15, 0.2) is 36.4 Å². The Balaban J connectivity index is 1.59. The third-order valence-electron chi connectivity index (χ3n) is 4.53. The lowest BCUT2D eigenvalue weighted by atomic mass is 10.1. The number of hydrogen-bond acceptors (Lipinski definition) is 5. The molecular weight excluding hydrogens is 346 g/mol. The SMILES string of the molecule is COc1ccc(OC)c(C(C)NC(=O)CCc2ccc3c(c2)OCCO3)c1. The zero-order valence-electron chi connectivity index (χ0n) is 15.9. The standard InChI is InChI=1S/C21H25NO5/c1-14(17-13-16(24-2)6-8-18(17)25-3)22-21(23)9-5-15-4-7-19-20(12-15)27-11-10-26-19/h4,6-8,12-14H,5,9-11H2,1-3H3,(H,22,23). The number of hydrogen-bond donors (Lipinski definition) is 1. The maximum absolute atomic E-state index is 12.4. The van der Waals surface area contributed by atoms with E-state index in [4.69, 9.17) is 18.9 Å². The molecule has 0 saturated heterocycles. The fourth-order valence-electron chi connectivity index (χ4n) is 3.07. The highest BCUT2D eigenvalue weighted by Crippen LogP contribution is 2.31. The summed E-state index contributed by atoms with van der Waals surface area (Å²) in [7, 11) is 3.23. The van der Waals surface area contributed by atoms with Gasteiger partial charge in [-0.1, -0.05) is 6.07 Å². The van der Waals surface area contributed by atoms with Crippen molar-refractivity contribution < 1.29 is 23.7 Å². The quantitative estimate of drug-likeness (QED) is 0.809. The van der Waals surface area contributed by atoms with Gasteiger partial charge in [-0.2, -0.15) is 0 Å². The molecule has 3 rings (SSSR count). The Kier molecular flexibility index (Phi) is 6.06. The molecule has 0 aromatic heterocycles. The molecule has 6 heteroatoms. The molecule has 1 aliphatic heterocycles. The Bertz CT molecular complexity index is 805. The van der Waals surface area contributed by atoms with Crippen LogP contribution in [0.5, 0.6) is 23.0 Å². The smallest absolute Gasteiger partial charge is 0.220 e. The molecule has 6 nitrogen and oxygen atoms in total. The van der Waals surface area contributed by atoms with E-state index in [1.807, 2.05) is 43.3 Å². The number of amides is 1. The van der Waals surface area contributed by atoms with E-state index < -0.39 is 0 Å². The molecule has 0 radical (unpaired) electrons. The molecule has 1 amide bonds. The largest absolute Gasteiger partial charge is 0.497 e. The molecule has 2 aromatic rings. The van der Waals surface area contributed by atoms with Gasteiger partial charge in [0.15, 0.2) is 11.5 Å². The second-order valence-electron chi connectivity index (χ2n) is 6.38. The van der Waals surface area contributed by atoms with Gasteiger partial charge in [0.1, 0.15) is 24.7 Å². The minimum atomic E-state index is -0.192. The van der Waals surface area contributed by atoms with Crippen LogP contribution >= 0.6 is 0 Å². The normalized spacial score (nSPS) is 13.6. The molecule has 144 valence electrons. The average Bonchev–Trinajstić information content (AvgIpc) is 2.71. The second-order valence-corrected chi connectivity index (χ2v) is 6.38. The highest BCUT2D eigenvalue weighted by atomic mass is 16.6. The van der Waals surface area contributed by atoms with Crippen LogP contribution in [0.2, 0.25) is 0 Å². The lowest BCUT2D eigenvalue weighted by molar-refractivity contribution is -0.121. The van der Waals surface area contributed by atoms with Gasteiger partial charge in [0.25, 0.3) is 0 Å². The minimum Gasteiger partial charge on any atom is -0.497 e. The van der Waals surface area contributed by atoms with Gasteiger partial charge in [-0.25, -0.2) is 0 Å². The number of carbonyl (C=O) groups excluding carboxylic acids is 1. The van der Waals surface area contributed by atoms with Crippen LogP contribution in [0.4, 0.5) is 0 Å². The summed E-state index contributed by atoms with van der Waals surface area (Å²) in [6.07, 6.45) is 1.01. The molecule has 0 spiro atoms. The van der Waals surface area contributed by atoms with Crippen molar-refractivity contribution in [3.63, 3.8) is 0 Å². The van der Waals surface area contributed by atoms with Crippen molar-refractivity contribution in [1.82, 2.24) is 5.32 Å². The Hall–Kier alpha value is -2.89. The summed E-state index contributed by atoms with van der Waals surface area (Å²) in [6, 6.07) is 11.2. The van der Waals surface area contributed by atoms with Crippen molar-refractivity contribution in [3.05, 3.63) is 47.5 Å². The highest BCUT2D eigenvalue weighted by Gasteiger charge is 2.16. The summed E-state index contributed by atoms with van der Waals surface area (Å²) < 4.78 is 21.8. The number of ether oxygens (including phenoxy) is 4. The molecule has 1 N–H and O–H groups in total. The first-order valence-corrected chi connectivity index (χ1v) is 9.00. The van der Waals surface area contributed by atoms with Gasteiger partial charge in [0.2, 0.25) is 5.91 Å². The van der Waals surface area contributed by atoms with E-state index >= 15 is 0 Å². The molecule has 0 fully saturated rings. The van der Waals surface area contributed by atoms with E-state index in [1.54, 1.807) is 14.2 Å². The number of aryl methyl sites for hydroxylation is 1. The van der Waals surface area contributed by atoms with E-state index in [0.29, 0.717) is 26.1 Å². The summed E-state index contributed by atoms with van der Waals surface area (Å²) in [5.74, 6) is 2.92. The van der Waals surface area contributed by atoms with Crippen molar-refractivity contribution in [1.29, 1.82) is 0 Å². The number of carbonyl (C=O) groups is 1. The molecule has 1 aliphatic rings. The predicted octanol–water partition coefficient (Wildman–Crippen LogP) is 3.29. The zero-order chi connectivity index (χ0) is 19.2. The fourth-order valence-corrected chi connectivity index (χ4v) is 3.07. The third-order valence-corrected chi connectivity index (χ3v) is 4.53. The molecular formula is C21H25NO5. The summed E-state index contributed by atoms with van der Waals surface area (Å²) in [5, 5.41) is 3.02. The van der Waals surface area contributed by atoms with Crippen molar-refractivity contribution >= 4 is 5.91 Å². The predicted molar refractivity (Wildman–Crippen MR) is 102 cm³/mol. The van der Waals surface area contributed by atoms with Gasteiger partial charge in [-0.15, -0.1) is 0 Å². The number of nitrogens with one attached hydrogen (secondary N) is 1. The minimum absolute atomic E-state index is 0.0257. The lowest BCUT2D eigenvalue weighted by Gasteiger charge is -2.19. The first-order chi connectivity index (χ1) is 13.1. The van der Waals surface area contributed by atoms with Crippen LogP contribution in [-0.4, -0.2) is 33.3 Å². The maximum atomic E-state index is 12.4. The van der Waals surface area contributed by atoms with Gasteiger partial charge in [0.05, 0.1) is 20.3 Å². The molecule has 27 heavy (non-hydrogen) atoms. The molecule has 1 heterocycles. The first-order valence-electron chi connectivity index (χ1n) is 9.00. The Morgan fingerprint density at radius 1 is 1.07 bits per heavy atom. The average molecular weight is 371 g/mol. The monoisotopic (exact) mass is 371 g/mol. The molecule has 2 aromatic carbocycles. The van der Waals surface area contributed by atoms with Crippen LogP contribution in [-0.2, 0) is 11.2 Å². The topological polar surface area (TPSA) is 66.0 Å². The first kappa shape index (κ1) is 18.9.